The van der Waals surface area contributed by atoms with Crippen LogP contribution < -0.4 is 0 Å². The van der Waals surface area contributed by atoms with Crippen LogP contribution in [-0.2, 0) is 0 Å². The van der Waals surface area contributed by atoms with Crippen LogP contribution in [0.3, 0.4) is 0 Å². The van der Waals surface area contributed by atoms with Crippen LogP contribution in [-0.4, -0.2) is 0 Å². The van der Waals surface area contributed by atoms with Crippen molar-refractivity contribution in [2.75, 3.05) is 0 Å². The molecule has 0 bridgehead atoms. The fraction of sp³-hybridized carbons (Fsp3) is 0. The van der Waals surface area contributed by atoms with Gasteiger partial charge >= 0.3 is 0 Å². The predicted molar refractivity (Wildman–Crippen MR) is 110 cm³/mol. The van der Waals surface area contributed by atoms with Crippen molar-refractivity contribution in [1.29, 1.82) is 0 Å². The van der Waals surface area contributed by atoms with Crippen molar-refractivity contribution < 1.29 is 0 Å². The summed E-state index contributed by atoms with van der Waals surface area (Å²) in [5.74, 6) is 0. The molecule has 4 aromatic carbocycles. The molecule has 4 aromatic rings. The summed E-state index contributed by atoms with van der Waals surface area (Å²) in [6.45, 7) is 0. The Morgan fingerprint density at radius 1 is 0.400 bits per heavy atom. The molecule has 4 rings (SSSR count). The molecule has 0 spiro atoms. The summed E-state index contributed by atoms with van der Waals surface area (Å²) in [6, 6.07) is 36.4. The van der Waals surface area contributed by atoms with E-state index in [1.165, 1.54) is 33.4 Å². The molecule has 0 amide bonds. The van der Waals surface area contributed by atoms with E-state index in [1.54, 1.807) is 0 Å². The van der Waals surface area contributed by atoms with E-state index < -0.39 is 0 Å². The molecule has 0 aliphatic carbocycles. The molecule has 0 fully saturated rings. The lowest BCUT2D eigenvalue weighted by Crippen LogP contribution is -1.87. The lowest BCUT2D eigenvalue weighted by atomic mass is 9.91. The third kappa shape index (κ3) is 3.42. The largest absolute Gasteiger partial charge is 0.0622 e. The van der Waals surface area contributed by atoms with E-state index in [-0.39, 0.29) is 0 Å². The van der Waals surface area contributed by atoms with Crippen molar-refractivity contribution in [3.05, 3.63) is 108 Å². The Bertz CT molecular complexity index is 971. The van der Waals surface area contributed by atoms with Crippen molar-refractivity contribution in [3.8, 4) is 33.4 Å². The Labute approximate surface area is 156 Å². The molecule has 0 heterocycles. The molecule has 0 saturated carbocycles. The minimum Gasteiger partial charge on any atom is -0.0622 e. The second-order valence-electron chi connectivity index (χ2n) is 6.00. The smallest absolute Gasteiger partial charge is 0.0175 e. The third-order valence-electron chi connectivity index (χ3n) is 4.37. The van der Waals surface area contributed by atoms with Crippen LogP contribution in [0.1, 0.15) is 0 Å². The molecule has 0 radical (unpaired) electrons. The molecule has 0 saturated heterocycles. The third-order valence-corrected chi connectivity index (χ3v) is 4.90. The molecule has 0 nitrogen and oxygen atoms in total. The Hall–Kier alpha value is -2.64. The molecular weight excluding hydrogens is 368 g/mol. The van der Waals surface area contributed by atoms with Gasteiger partial charge < -0.3 is 0 Å². The standard InChI is InChI=1S/C24H17Br/c25-22-14-11-20(12-15-22)24-17-21(18-7-3-1-4-8-18)13-16-23(24)19-9-5-2-6-10-19/h1-17H. The van der Waals surface area contributed by atoms with Gasteiger partial charge in [-0.1, -0.05) is 101 Å². The van der Waals surface area contributed by atoms with E-state index in [0.717, 1.165) is 4.47 Å². The minimum absolute atomic E-state index is 1.09. The zero-order valence-electron chi connectivity index (χ0n) is 13.7. The summed E-state index contributed by atoms with van der Waals surface area (Å²) in [6.07, 6.45) is 0. The molecule has 0 aliphatic heterocycles. The minimum atomic E-state index is 1.09. The first-order valence-corrected chi connectivity index (χ1v) is 9.11. The van der Waals surface area contributed by atoms with Crippen LogP contribution in [0.25, 0.3) is 33.4 Å². The molecule has 0 N–H and O–H groups in total. The van der Waals surface area contributed by atoms with E-state index in [2.05, 4.69) is 119 Å². The topological polar surface area (TPSA) is 0 Å². The molecule has 25 heavy (non-hydrogen) atoms. The highest BCUT2D eigenvalue weighted by molar-refractivity contribution is 9.10. The van der Waals surface area contributed by atoms with E-state index in [9.17, 15) is 0 Å². The number of hydrogen-bond acceptors (Lipinski definition) is 0. The highest BCUT2D eigenvalue weighted by Gasteiger charge is 2.09. The van der Waals surface area contributed by atoms with E-state index in [0.29, 0.717) is 0 Å². The Kier molecular flexibility index (Phi) is 4.49. The van der Waals surface area contributed by atoms with Gasteiger partial charge in [-0.15, -0.1) is 0 Å². The van der Waals surface area contributed by atoms with Crippen LogP contribution in [0.2, 0.25) is 0 Å². The highest BCUT2D eigenvalue weighted by atomic mass is 79.9. The summed E-state index contributed by atoms with van der Waals surface area (Å²) in [7, 11) is 0. The summed E-state index contributed by atoms with van der Waals surface area (Å²) in [4.78, 5) is 0. The van der Waals surface area contributed by atoms with Crippen LogP contribution >= 0.6 is 15.9 Å². The van der Waals surface area contributed by atoms with Crippen LogP contribution in [0.5, 0.6) is 0 Å². The molecule has 0 atom stereocenters. The van der Waals surface area contributed by atoms with Crippen molar-refractivity contribution in [2.24, 2.45) is 0 Å². The SMILES string of the molecule is Brc1ccc(-c2cc(-c3ccccc3)ccc2-c2ccccc2)cc1. The zero-order chi connectivity index (χ0) is 17.1. The summed E-state index contributed by atoms with van der Waals surface area (Å²) in [5, 5.41) is 0. The Balaban J connectivity index is 1.91. The second kappa shape index (κ2) is 7.08. The quantitative estimate of drug-likeness (QED) is 0.344. The number of benzene rings is 4. The molecular formula is C24H17Br. The van der Waals surface area contributed by atoms with Gasteiger partial charge in [0.05, 0.1) is 0 Å². The van der Waals surface area contributed by atoms with Gasteiger partial charge in [-0.05, 0) is 51.6 Å². The lowest BCUT2D eigenvalue weighted by Gasteiger charge is -2.13. The first-order valence-electron chi connectivity index (χ1n) is 8.32. The number of rotatable bonds is 3. The van der Waals surface area contributed by atoms with Gasteiger partial charge in [0.1, 0.15) is 0 Å². The normalized spacial score (nSPS) is 10.6. The van der Waals surface area contributed by atoms with Crippen LogP contribution in [0, 0.1) is 0 Å². The molecule has 120 valence electrons. The highest BCUT2D eigenvalue weighted by Crippen LogP contribution is 2.36. The van der Waals surface area contributed by atoms with Crippen LogP contribution in [0.4, 0.5) is 0 Å². The number of halogens is 1. The maximum Gasteiger partial charge on any atom is 0.0175 e. The van der Waals surface area contributed by atoms with Gasteiger partial charge in [-0.2, -0.15) is 0 Å². The van der Waals surface area contributed by atoms with Gasteiger partial charge in [-0.25, -0.2) is 0 Å². The average Bonchev–Trinajstić information content (AvgIpc) is 2.69. The van der Waals surface area contributed by atoms with E-state index in [1.807, 2.05) is 0 Å². The molecule has 0 unspecified atom stereocenters. The van der Waals surface area contributed by atoms with E-state index in [4.69, 9.17) is 0 Å². The van der Waals surface area contributed by atoms with Crippen LogP contribution in [0.15, 0.2) is 108 Å². The summed E-state index contributed by atoms with van der Waals surface area (Å²) >= 11 is 3.53. The molecule has 1 heteroatoms. The van der Waals surface area contributed by atoms with Gasteiger partial charge in [0.2, 0.25) is 0 Å². The Morgan fingerprint density at radius 2 is 0.920 bits per heavy atom. The van der Waals surface area contributed by atoms with Crippen molar-refractivity contribution in [3.63, 3.8) is 0 Å². The fourth-order valence-electron chi connectivity index (χ4n) is 3.09. The van der Waals surface area contributed by atoms with E-state index >= 15 is 0 Å². The first-order chi connectivity index (χ1) is 12.3. The maximum absolute atomic E-state index is 3.53. The summed E-state index contributed by atoms with van der Waals surface area (Å²) in [5.41, 5.74) is 7.43. The van der Waals surface area contributed by atoms with Gasteiger partial charge in [0.25, 0.3) is 0 Å². The van der Waals surface area contributed by atoms with Gasteiger partial charge in [0, 0.05) is 4.47 Å². The predicted octanol–water partition coefficient (Wildman–Crippen LogP) is 7.45. The van der Waals surface area contributed by atoms with Crippen molar-refractivity contribution >= 4 is 15.9 Å². The fourth-order valence-corrected chi connectivity index (χ4v) is 3.36. The Morgan fingerprint density at radius 3 is 1.56 bits per heavy atom. The van der Waals surface area contributed by atoms with Gasteiger partial charge in [0.15, 0.2) is 0 Å². The van der Waals surface area contributed by atoms with Crippen molar-refractivity contribution in [2.45, 2.75) is 0 Å². The molecule has 0 aromatic heterocycles. The number of hydrogen-bond donors (Lipinski definition) is 0. The monoisotopic (exact) mass is 384 g/mol. The average molecular weight is 385 g/mol. The summed E-state index contributed by atoms with van der Waals surface area (Å²) < 4.78 is 1.09. The van der Waals surface area contributed by atoms with Crippen molar-refractivity contribution in [1.82, 2.24) is 0 Å². The second-order valence-corrected chi connectivity index (χ2v) is 6.91. The van der Waals surface area contributed by atoms with Gasteiger partial charge in [-0.3, -0.25) is 0 Å². The zero-order valence-corrected chi connectivity index (χ0v) is 15.3. The molecule has 0 aliphatic rings. The maximum atomic E-state index is 3.53. The lowest BCUT2D eigenvalue weighted by molar-refractivity contribution is 1.55. The first kappa shape index (κ1) is 15.9.